The third-order valence-corrected chi connectivity index (χ3v) is 21.3. The van der Waals surface area contributed by atoms with Crippen LogP contribution >= 0.6 is 15.6 Å². The SMILES string of the molecule is CCCCCCCCCCCCCCCCCCCC(=O)OC[C@H](COP(=O)(O)OC[C@@H](O)COP(=O)(O)OC[C@@H](COC(=O)CCCCCCCCC)OC(=O)CCCCCCCCCCCCCCCC)OC(=O)CCCCCCCCCCCCCCCCCCCCC(C)CC. The molecule has 6 atom stereocenters. The molecule has 0 aliphatic heterocycles. The number of unbranched alkanes of at least 4 members (excludes halogenated alkanes) is 52. The van der Waals surface area contributed by atoms with Crippen LogP contribution in [0.15, 0.2) is 0 Å². The molecule has 0 saturated carbocycles. The highest BCUT2D eigenvalue weighted by molar-refractivity contribution is 7.47. The number of hydrogen-bond donors (Lipinski definition) is 3. The van der Waals surface area contributed by atoms with Gasteiger partial charge in [-0.05, 0) is 31.6 Å². The molecule has 100 heavy (non-hydrogen) atoms. The van der Waals surface area contributed by atoms with Gasteiger partial charge in [0, 0.05) is 25.7 Å². The van der Waals surface area contributed by atoms with Crippen LogP contribution in [-0.2, 0) is 65.4 Å². The maximum Gasteiger partial charge on any atom is 0.472 e. The average molecular weight is 1470 g/mol. The van der Waals surface area contributed by atoms with Crippen LogP contribution in [0.4, 0.5) is 0 Å². The molecule has 3 unspecified atom stereocenters. The van der Waals surface area contributed by atoms with Crippen molar-refractivity contribution in [2.24, 2.45) is 5.92 Å². The minimum atomic E-state index is -4.96. The molecular formula is C81H158O17P2. The Hall–Kier alpha value is -1.94. The predicted octanol–water partition coefficient (Wildman–Crippen LogP) is 24.4. The van der Waals surface area contributed by atoms with Gasteiger partial charge in [0.05, 0.1) is 26.4 Å². The van der Waals surface area contributed by atoms with Gasteiger partial charge in [0.25, 0.3) is 0 Å². The van der Waals surface area contributed by atoms with Crippen molar-refractivity contribution in [2.45, 2.75) is 451 Å². The smallest absolute Gasteiger partial charge is 0.462 e. The summed E-state index contributed by atoms with van der Waals surface area (Å²) in [5, 5.41) is 10.6. The van der Waals surface area contributed by atoms with Crippen LogP contribution in [0.2, 0.25) is 0 Å². The molecule has 0 aromatic heterocycles. The van der Waals surface area contributed by atoms with E-state index in [9.17, 15) is 43.2 Å². The van der Waals surface area contributed by atoms with Gasteiger partial charge in [-0.15, -0.1) is 0 Å². The molecule has 0 rings (SSSR count). The summed E-state index contributed by atoms with van der Waals surface area (Å²) in [7, 11) is -9.91. The molecule has 0 bridgehead atoms. The number of phosphoric ester groups is 2. The summed E-state index contributed by atoms with van der Waals surface area (Å²) in [5.41, 5.74) is 0. The van der Waals surface area contributed by atoms with Crippen molar-refractivity contribution < 1.29 is 80.2 Å². The maximum absolute atomic E-state index is 13.1. The van der Waals surface area contributed by atoms with Crippen molar-refractivity contribution in [2.75, 3.05) is 39.6 Å². The first-order valence-corrected chi connectivity index (χ1v) is 45.2. The number of esters is 4. The predicted molar refractivity (Wildman–Crippen MR) is 409 cm³/mol. The Balaban J connectivity index is 5.16. The number of aliphatic hydroxyl groups is 1. The van der Waals surface area contributed by atoms with E-state index in [2.05, 4.69) is 34.6 Å². The molecule has 0 heterocycles. The van der Waals surface area contributed by atoms with Crippen molar-refractivity contribution in [3.8, 4) is 0 Å². The van der Waals surface area contributed by atoms with Crippen LogP contribution in [0.1, 0.15) is 433 Å². The molecule has 17 nitrogen and oxygen atoms in total. The van der Waals surface area contributed by atoms with Crippen molar-refractivity contribution in [1.82, 2.24) is 0 Å². The third kappa shape index (κ3) is 73.0. The summed E-state index contributed by atoms with van der Waals surface area (Å²) in [6.07, 6.45) is 65.3. The lowest BCUT2D eigenvalue weighted by Gasteiger charge is -2.21. The summed E-state index contributed by atoms with van der Waals surface area (Å²) in [6.45, 7) is 7.36. The minimum absolute atomic E-state index is 0.108. The molecule has 0 spiro atoms. The van der Waals surface area contributed by atoms with Gasteiger partial charge in [-0.3, -0.25) is 37.3 Å². The van der Waals surface area contributed by atoms with E-state index in [1.54, 1.807) is 0 Å². The second-order valence-corrected chi connectivity index (χ2v) is 32.3. The van der Waals surface area contributed by atoms with E-state index >= 15 is 0 Å². The Labute approximate surface area is 613 Å². The molecule has 594 valence electrons. The van der Waals surface area contributed by atoms with E-state index in [1.807, 2.05) is 0 Å². The molecule has 0 aliphatic rings. The third-order valence-electron chi connectivity index (χ3n) is 19.4. The number of phosphoric acid groups is 2. The summed E-state index contributed by atoms with van der Waals surface area (Å²) < 4.78 is 68.6. The number of rotatable bonds is 81. The minimum Gasteiger partial charge on any atom is -0.462 e. The fraction of sp³-hybridized carbons (Fsp3) is 0.951. The van der Waals surface area contributed by atoms with E-state index in [0.717, 1.165) is 109 Å². The number of carbonyl (C=O) groups excluding carboxylic acids is 4. The molecule has 0 amide bonds. The highest BCUT2D eigenvalue weighted by Gasteiger charge is 2.30. The number of aliphatic hydroxyl groups excluding tert-OH is 1. The Morgan fingerprint density at radius 1 is 0.280 bits per heavy atom. The first-order valence-electron chi connectivity index (χ1n) is 42.2. The summed E-state index contributed by atoms with van der Waals surface area (Å²) in [5.74, 6) is -1.24. The van der Waals surface area contributed by atoms with Crippen LogP contribution in [0.5, 0.6) is 0 Å². The van der Waals surface area contributed by atoms with Gasteiger partial charge in [-0.25, -0.2) is 9.13 Å². The zero-order valence-electron chi connectivity index (χ0n) is 65.3. The van der Waals surface area contributed by atoms with Gasteiger partial charge < -0.3 is 33.8 Å². The van der Waals surface area contributed by atoms with Gasteiger partial charge in [0.1, 0.15) is 19.3 Å². The number of hydrogen-bond acceptors (Lipinski definition) is 15. The fourth-order valence-electron chi connectivity index (χ4n) is 12.6. The fourth-order valence-corrected chi connectivity index (χ4v) is 14.1. The summed E-state index contributed by atoms with van der Waals surface area (Å²) >= 11 is 0. The van der Waals surface area contributed by atoms with Crippen molar-refractivity contribution >= 4 is 39.5 Å². The summed E-state index contributed by atoms with van der Waals surface area (Å²) in [6, 6.07) is 0. The molecule has 0 saturated heterocycles. The number of ether oxygens (including phenoxy) is 4. The molecule has 0 aliphatic carbocycles. The van der Waals surface area contributed by atoms with E-state index in [1.165, 1.54) is 244 Å². The standard InChI is InChI=1S/C81H158O17P2/c1-6-10-13-16-19-21-23-25-27-30-34-38-41-45-50-55-60-65-79(84)92-71-77(98-81(86)67-62-57-52-47-43-39-35-32-29-28-31-33-36-40-44-49-53-58-63-74(5)9-4)73-96-100(89,90)94-69-75(82)68-93-99(87,88)95-72-76(70-91-78(83)64-59-54-48-18-15-12-8-3)97-80(85)66-61-56-51-46-42-37-26-24-22-20-17-14-11-7-2/h74-77,82H,6-73H2,1-5H3,(H,87,88)(H,89,90)/t74?,75-,76+,77+/m0/s1. The molecule has 0 aromatic carbocycles. The van der Waals surface area contributed by atoms with Gasteiger partial charge in [-0.2, -0.15) is 0 Å². The topological polar surface area (TPSA) is 237 Å². The first kappa shape index (κ1) is 98.1. The van der Waals surface area contributed by atoms with Gasteiger partial charge in [0.2, 0.25) is 0 Å². The van der Waals surface area contributed by atoms with Crippen molar-refractivity contribution in [3.63, 3.8) is 0 Å². The molecule has 19 heteroatoms. The Bertz CT molecular complexity index is 1910. The van der Waals surface area contributed by atoms with Crippen LogP contribution in [0.3, 0.4) is 0 Å². The highest BCUT2D eigenvalue weighted by Crippen LogP contribution is 2.45. The largest absolute Gasteiger partial charge is 0.472 e. The highest BCUT2D eigenvalue weighted by atomic mass is 31.2. The molecule has 0 fully saturated rings. The molecule has 3 N–H and O–H groups in total. The summed E-state index contributed by atoms with van der Waals surface area (Å²) in [4.78, 5) is 72.9. The Morgan fingerprint density at radius 2 is 0.480 bits per heavy atom. The molecule has 0 radical (unpaired) electrons. The molecular weight excluding hydrogens is 1310 g/mol. The van der Waals surface area contributed by atoms with Gasteiger partial charge >= 0.3 is 39.5 Å². The zero-order valence-corrected chi connectivity index (χ0v) is 67.1. The second-order valence-electron chi connectivity index (χ2n) is 29.4. The first-order chi connectivity index (χ1) is 48.6. The normalized spacial score (nSPS) is 14.1. The Morgan fingerprint density at radius 3 is 0.710 bits per heavy atom. The van der Waals surface area contributed by atoms with E-state index < -0.39 is 97.5 Å². The molecule has 0 aromatic rings. The van der Waals surface area contributed by atoms with Crippen LogP contribution in [0, 0.1) is 5.92 Å². The quantitative estimate of drug-likeness (QED) is 0.0222. The van der Waals surface area contributed by atoms with Crippen LogP contribution in [-0.4, -0.2) is 96.7 Å². The van der Waals surface area contributed by atoms with E-state index in [0.29, 0.717) is 25.7 Å². The van der Waals surface area contributed by atoms with Crippen LogP contribution in [0.25, 0.3) is 0 Å². The zero-order chi connectivity index (χ0) is 73.4. The van der Waals surface area contributed by atoms with Crippen molar-refractivity contribution in [1.29, 1.82) is 0 Å². The second kappa shape index (κ2) is 73.9. The van der Waals surface area contributed by atoms with E-state index in [-0.39, 0.29) is 25.7 Å². The lowest BCUT2D eigenvalue weighted by atomic mass is 9.99. The maximum atomic E-state index is 13.1. The average Bonchev–Trinajstić information content (AvgIpc) is 0.919. The Kier molecular flexibility index (Phi) is 72.5. The monoisotopic (exact) mass is 1470 g/mol. The van der Waals surface area contributed by atoms with Gasteiger partial charge in [-0.1, -0.05) is 381 Å². The van der Waals surface area contributed by atoms with Gasteiger partial charge in [0.15, 0.2) is 12.2 Å². The van der Waals surface area contributed by atoms with Crippen molar-refractivity contribution in [3.05, 3.63) is 0 Å². The van der Waals surface area contributed by atoms with E-state index in [4.69, 9.17) is 37.0 Å². The van der Waals surface area contributed by atoms with Crippen LogP contribution < -0.4 is 0 Å². The lowest BCUT2D eigenvalue weighted by Crippen LogP contribution is -2.30. The number of carbonyl (C=O) groups is 4. The lowest BCUT2D eigenvalue weighted by molar-refractivity contribution is -0.161.